The van der Waals surface area contributed by atoms with Crippen LogP contribution in [0.3, 0.4) is 0 Å². The highest BCUT2D eigenvalue weighted by Gasteiger charge is 2.21. The molecule has 0 aliphatic rings. The zero-order valence-corrected chi connectivity index (χ0v) is 12.3. The van der Waals surface area contributed by atoms with E-state index in [9.17, 15) is 5.11 Å². The first kappa shape index (κ1) is 15.5. The highest BCUT2D eigenvalue weighted by molar-refractivity contribution is 5.32. The molecule has 2 aromatic rings. The number of nitrogens with zero attached hydrogens (tertiary/aromatic N) is 1. The number of aliphatic hydroxyl groups excluding tert-OH is 1. The van der Waals surface area contributed by atoms with E-state index in [-0.39, 0.29) is 5.92 Å². The monoisotopic (exact) mass is 286 g/mol. The Labute approximate surface area is 125 Å². The molecule has 0 amide bonds. The zero-order valence-electron chi connectivity index (χ0n) is 12.3. The third-order valence-electron chi connectivity index (χ3n) is 3.44. The molecule has 4 nitrogen and oxygen atoms in total. The van der Waals surface area contributed by atoms with E-state index in [4.69, 9.17) is 10.5 Å². The van der Waals surface area contributed by atoms with Gasteiger partial charge in [-0.2, -0.15) is 0 Å². The molecule has 2 rings (SSSR count). The van der Waals surface area contributed by atoms with Gasteiger partial charge in [0.25, 0.3) is 0 Å². The molecule has 21 heavy (non-hydrogen) atoms. The normalized spacial score (nSPS) is 13.7. The first-order chi connectivity index (χ1) is 10.3. The molecule has 1 aromatic carbocycles. The summed E-state index contributed by atoms with van der Waals surface area (Å²) >= 11 is 0. The highest BCUT2D eigenvalue weighted by atomic mass is 16.5. The molecule has 1 heterocycles. The van der Waals surface area contributed by atoms with E-state index in [1.165, 1.54) is 0 Å². The highest BCUT2D eigenvalue weighted by Crippen LogP contribution is 2.31. The number of benzene rings is 1. The average molecular weight is 286 g/mol. The second-order valence-corrected chi connectivity index (χ2v) is 4.99. The predicted molar refractivity (Wildman–Crippen MR) is 83.2 cm³/mol. The molecule has 0 saturated heterocycles. The molecule has 3 N–H and O–H groups in total. The van der Waals surface area contributed by atoms with Crippen molar-refractivity contribution in [3.63, 3.8) is 0 Å². The molecular formula is C17H22N2O2. The Hall–Kier alpha value is -1.91. The largest absolute Gasteiger partial charge is 0.494 e. The van der Waals surface area contributed by atoms with Crippen molar-refractivity contribution in [1.82, 2.24) is 4.98 Å². The van der Waals surface area contributed by atoms with Crippen LogP contribution in [-0.2, 0) is 0 Å². The molecule has 0 saturated carbocycles. The van der Waals surface area contributed by atoms with Gasteiger partial charge in [-0.05, 0) is 41.8 Å². The minimum absolute atomic E-state index is 0.158. The van der Waals surface area contributed by atoms with Crippen LogP contribution in [0.15, 0.2) is 48.8 Å². The van der Waals surface area contributed by atoms with Gasteiger partial charge in [-0.15, -0.1) is 0 Å². The molecule has 4 heteroatoms. The molecule has 1 aromatic heterocycles. The minimum atomic E-state index is -0.664. The fraction of sp³-hybridized carbons (Fsp3) is 0.353. The summed E-state index contributed by atoms with van der Waals surface area (Å²) in [6.45, 7) is 3.10. The van der Waals surface area contributed by atoms with Gasteiger partial charge in [0.05, 0.1) is 12.7 Å². The van der Waals surface area contributed by atoms with Gasteiger partial charge in [0.1, 0.15) is 5.75 Å². The number of ether oxygens (including phenoxy) is 1. The lowest BCUT2D eigenvalue weighted by atomic mass is 9.90. The van der Waals surface area contributed by atoms with Crippen LogP contribution in [0, 0.1) is 0 Å². The van der Waals surface area contributed by atoms with Crippen LogP contribution < -0.4 is 10.5 Å². The van der Waals surface area contributed by atoms with E-state index in [1.807, 2.05) is 36.4 Å². The Morgan fingerprint density at radius 2 is 1.95 bits per heavy atom. The molecule has 0 radical (unpaired) electrons. The number of hydrogen-bond acceptors (Lipinski definition) is 4. The zero-order chi connectivity index (χ0) is 15.1. The Bertz CT molecular complexity index is 545. The summed E-state index contributed by atoms with van der Waals surface area (Å²) in [6.07, 6.45) is 3.72. The molecule has 0 fully saturated rings. The summed E-state index contributed by atoms with van der Waals surface area (Å²) in [5.74, 6) is 0.619. The molecule has 112 valence electrons. The van der Waals surface area contributed by atoms with Crippen LogP contribution in [0.25, 0.3) is 0 Å². The van der Waals surface area contributed by atoms with Gasteiger partial charge in [0, 0.05) is 24.9 Å². The second-order valence-electron chi connectivity index (χ2n) is 4.99. The van der Waals surface area contributed by atoms with Crippen molar-refractivity contribution in [3.05, 3.63) is 59.9 Å². The number of rotatable bonds is 7. The molecule has 0 aliphatic heterocycles. The molecule has 0 bridgehead atoms. The van der Waals surface area contributed by atoms with Gasteiger partial charge in [-0.3, -0.25) is 4.98 Å². The van der Waals surface area contributed by atoms with E-state index < -0.39 is 6.10 Å². The second kappa shape index (κ2) is 7.76. The maximum absolute atomic E-state index is 10.6. The van der Waals surface area contributed by atoms with Gasteiger partial charge in [-0.1, -0.05) is 19.1 Å². The topological polar surface area (TPSA) is 68.4 Å². The van der Waals surface area contributed by atoms with Gasteiger partial charge in [0.2, 0.25) is 0 Å². The van der Waals surface area contributed by atoms with Gasteiger partial charge < -0.3 is 15.6 Å². The van der Waals surface area contributed by atoms with E-state index in [0.29, 0.717) is 13.2 Å². The van der Waals surface area contributed by atoms with Crippen molar-refractivity contribution < 1.29 is 9.84 Å². The lowest BCUT2D eigenvalue weighted by molar-refractivity contribution is 0.147. The Balaban J connectivity index is 2.19. The Morgan fingerprint density at radius 3 is 2.62 bits per heavy atom. The maximum Gasteiger partial charge on any atom is 0.119 e. The van der Waals surface area contributed by atoms with E-state index in [1.54, 1.807) is 12.4 Å². The summed E-state index contributed by atoms with van der Waals surface area (Å²) in [7, 11) is 0. The van der Waals surface area contributed by atoms with Crippen molar-refractivity contribution in [1.29, 1.82) is 0 Å². The van der Waals surface area contributed by atoms with Gasteiger partial charge in [-0.25, -0.2) is 0 Å². The van der Waals surface area contributed by atoms with Crippen molar-refractivity contribution >= 4 is 0 Å². The van der Waals surface area contributed by atoms with Crippen LogP contribution >= 0.6 is 0 Å². The number of aromatic nitrogens is 1. The van der Waals surface area contributed by atoms with Crippen LogP contribution in [0.5, 0.6) is 5.75 Å². The first-order valence-electron chi connectivity index (χ1n) is 7.27. The number of nitrogens with two attached hydrogens (primary N) is 1. The fourth-order valence-corrected chi connectivity index (χ4v) is 2.30. The summed E-state index contributed by atoms with van der Waals surface area (Å²) in [4.78, 5) is 4.00. The summed E-state index contributed by atoms with van der Waals surface area (Å²) in [5, 5.41) is 10.6. The molecular weight excluding hydrogens is 264 g/mol. The lowest BCUT2D eigenvalue weighted by Gasteiger charge is -2.22. The van der Waals surface area contributed by atoms with E-state index in [0.717, 1.165) is 23.3 Å². The number of aliphatic hydroxyl groups is 1. The van der Waals surface area contributed by atoms with Crippen molar-refractivity contribution in [2.24, 2.45) is 5.73 Å². The maximum atomic E-state index is 10.6. The lowest BCUT2D eigenvalue weighted by Crippen LogP contribution is -2.20. The fourth-order valence-electron chi connectivity index (χ4n) is 2.30. The van der Waals surface area contributed by atoms with Crippen molar-refractivity contribution in [2.75, 3.05) is 13.2 Å². The first-order valence-corrected chi connectivity index (χ1v) is 7.27. The van der Waals surface area contributed by atoms with Crippen molar-refractivity contribution in [2.45, 2.75) is 25.4 Å². The molecule has 0 spiro atoms. The average Bonchev–Trinajstić information content (AvgIpc) is 2.55. The molecule has 2 unspecified atom stereocenters. The smallest absolute Gasteiger partial charge is 0.119 e. The van der Waals surface area contributed by atoms with E-state index in [2.05, 4.69) is 11.9 Å². The summed E-state index contributed by atoms with van der Waals surface area (Å²) < 4.78 is 5.61. The Kier molecular flexibility index (Phi) is 5.72. The third-order valence-corrected chi connectivity index (χ3v) is 3.44. The van der Waals surface area contributed by atoms with Gasteiger partial charge >= 0.3 is 0 Å². The number of hydrogen-bond donors (Lipinski definition) is 2. The van der Waals surface area contributed by atoms with Crippen LogP contribution in [0.4, 0.5) is 0 Å². The van der Waals surface area contributed by atoms with Crippen molar-refractivity contribution in [3.8, 4) is 5.75 Å². The summed E-state index contributed by atoms with van der Waals surface area (Å²) in [5.41, 5.74) is 7.65. The SMILES string of the molecule is CCCOc1cccc(C(O)C(CN)c2ccncc2)c1. The summed E-state index contributed by atoms with van der Waals surface area (Å²) in [6, 6.07) is 11.3. The third kappa shape index (κ3) is 4.03. The van der Waals surface area contributed by atoms with Crippen LogP contribution in [0.1, 0.15) is 36.5 Å². The molecule has 0 aliphatic carbocycles. The van der Waals surface area contributed by atoms with Crippen LogP contribution in [-0.4, -0.2) is 23.2 Å². The molecule has 2 atom stereocenters. The van der Waals surface area contributed by atoms with Gasteiger partial charge in [0.15, 0.2) is 0 Å². The van der Waals surface area contributed by atoms with Crippen LogP contribution in [0.2, 0.25) is 0 Å². The minimum Gasteiger partial charge on any atom is -0.494 e. The predicted octanol–water partition coefficient (Wildman–Crippen LogP) is 2.65. The quantitative estimate of drug-likeness (QED) is 0.821. The Morgan fingerprint density at radius 1 is 1.19 bits per heavy atom. The van der Waals surface area contributed by atoms with E-state index >= 15 is 0 Å². The standard InChI is InChI=1S/C17H22N2O2/c1-2-10-21-15-5-3-4-14(11-15)17(20)16(12-18)13-6-8-19-9-7-13/h3-9,11,16-17,20H,2,10,12,18H2,1H3. The number of pyridine rings is 1.